The number of hydrogen-bond donors (Lipinski definition) is 2. The van der Waals surface area contributed by atoms with Crippen molar-refractivity contribution in [2.75, 3.05) is 0 Å². The van der Waals surface area contributed by atoms with Crippen LogP contribution in [0.2, 0.25) is 0 Å². The molecule has 0 atom stereocenters. The number of nitrogens with zero attached hydrogens (tertiary/aromatic N) is 1. The third kappa shape index (κ3) is 4.73. The molecule has 1 amide bonds. The van der Waals surface area contributed by atoms with E-state index in [1.54, 1.807) is 42.7 Å². The van der Waals surface area contributed by atoms with E-state index in [-0.39, 0.29) is 28.4 Å². The van der Waals surface area contributed by atoms with E-state index in [2.05, 4.69) is 10.3 Å². The number of amides is 1. The zero-order valence-electron chi connectivity index (χ0n) is 15.4. The predicted molar refractivity (Wildman–Crippen MR) is 102 cm³/mol. The minimum Gasteiger partial charge on any atom is -0.511 e. The van der Waals surface area contributed by atoms with E-state index < -0.39 is 0 Å². The van der Waals surface area contributed by atoms with E-state index in [1.165, 1.54) is 6.21 Å². The van der Waals surface area contributed by atoms with E-state index >= 15 is 0 Å². The second-order valence-electron chi connectivity index (χ2n) is 7.37. The highest BCUT2D eigenvalue weighted by Gasteiger charge is 2.32. The number of aliphatic hydroxyl groups excluding tert-OH is 1. The van der Waals surface area contributed by atoms with Gasteiger partial charge in [0.2, 0.25) is 0 Å². The Morgan fingerprint density at radius 2 is 2.11 bits per heavy atom. The maximum Gasteiger partial charge on any atom is 0.251 e. The Hall–Kier alpha value is -3.15. The number of aliphatic hydroxyl groups is 1. The second-order valence-corrected chi connectivity index (χ2v) is 7.37. The van der Waals surface area contributed by atoms with Gasteiger partial charge >= 0.3 is 0 Å². The number of carbonyl (C=O) groups excluding carboxylic acids is 2. The summed E-state index contributed by atoms with van der Waals surface area (Å²) in [6.45, 7) is 4.18. The van der Waals surface area contributed by atoms with Crippen LogP contribution in [0.25, 0.3) is 0 Å². The van der Waals surface area contributed by atoms with Crippen LogP contribution >= 0.6 is 0 Å². The molecule has 1 aromatic carbocycles. The van der Waals surface area contributed by atoms with Crippen molar-refractivity contribution in [2.45, 2.75) is 33.2 Å². The van der Waals surface area contributed by atoms with Crippen LogP contribution in [0.15, 0.2) is 63.4 Å². The molecule has 0 spiro atoms. The number of furan rings is 1. The molecule has 3 rings (SSSR count). The van der Waals surface area contributed by atoms with Crippen LogP contribution in [0.4, 0.5) is 5.69 Å². The summed E-state index contributed by atoms with van der Waals surface area (Å²) in [5.41, 5.74) is 0.968. The lowest BCUT2D eigenvalue weighted by molar-refractivity contribution is -0.117. The van der Waals surface area contributed by atoms with Crippen molar-refractivity contribution in [1.29, 1.82) is 0 Å². The highest BCUT2D eigenvalue weighted by Crippen LogP contribution is 2.35. The number of carbonyl (C=O) groups is 2. The number of benzene rings is 1. The molecule has 0 saturated carbocycles. The van der Waals surface area contributed by atoms with Crippen LogP contribution in [0.5, 0.6) is 0 Å². The molecule has 0 saturated heterocycles. The summed E-state index contributed by atoms with van der Waals surface area (Å²) in [5, 5.41) is 12.9. The van der Waals surface area contributed by atoms with Gasteiger partial charge in [0.1, 0.15) is 11.5 Å². The molecule has 27 heavy (non-hydrogen) atoms. The van der Waals surface area contributed by atoms with Crippen molar-refractivity contribution >= 4 is 23.6 Å². The van der Waals surface area contributed by atoms with Gasteiger partial charge in [-0.05, 0) is 35.7 Å². The first-order chi connectivity index (χ1) is 12.8. The molecule has 6 nitrogen and oxygen atoms in total. The smallest absolute Gasteiger partial charge is 0.251 e. The maximum absolute atomic E-state index is 12.3. The Morgan fingerprint density at radius 1 is 1.30 bits per heavy atom. The van der Waals surface area contributed by atoms with Crippen molar-refractivity contribution in [3.63, 3.8) is 0 Å². The average molecular weight is 366 g/mol. The highest BCUT2D eigenvalue weighted by atomic mass is 16.3. The number of rotatable bonds is 5. The fourth-order valence-corrected chi connectivity index (χ4v) is 3.00. The van der Waals surface area contributed by atoms with Crippen LogP contribution < -0.4 is 5.32 Å². The Morgan fingerprint density at radius 3 is 2.81 bits per heavy atom. The van der Waals surface area contributed by atoms with Crippen molar-refractivity contribution in [1.82, 2.24) is 5.32 Å². The van der Waals surface area contributed by atoms with Gasteiger partial charge in [-0.25, -0.2) is 0 Å². The lowest BCUT2D eigenvalue weighted by Gasteiger charge is -2.28. The lowest BCUT2D eigenvalue weighted by atomic mass is 9.77. The fraction of sp³-hybridized carbons (Fsp3) is 0.286. The summed E-state index contributed by atoms with van der Waals surface area (Å²) < 4.78 is 5.19. The van der Waals surface area contributed by atoms with Gasteiger partial charge in [-0.15, -0.1) is 0 Å². The number of nitrogens with one attached hydrogen (secondary N) is 1. The summed E-state index contributed by atoms with van der Waals surface area (Å²) in [5.74, 6) is 0.354. The molecule has 0 aliphatic heterocycles. The molecule has 1 aliphatic rings. The number of hydrogen-bond acceptors (Lipinski definition) is 5. The van der Waals surface area contributed by atoms with Crippen molar-refractivity contribution in [2.24, 2.45) is 10.4 Å². The molecule has 6 heteroatoms. The standard InChI is InChI=1S/C21H22N2O4/c1-21(2)10-18(24)17(19(25)11-21)13-22-15-6-3-5-14(9-15)20(26)23-12-16-7-4-8-27-16/h3-9,13,24H,10-12H2,1-2H3,(H,23,26). The molecule has 2 aromatic rings. The van der Waals surface area contributed by atoms with Crippen LogP contribution in [0, 0.1) is 5.41 Å². The van der Waals surface area contributed by atoms with Gasteiger partial charge in [0.15, 0.2) is 5.78 Å². The van der Waals surface area contributed by atoms with Gasteiger partial charge in [-0.1, -0.05) is 19.9 Å². The molecule has 1 heterocycles. The van der Waals surface area contributed by atoms with Gasteiger partial charge in [0.05, 0.1) is 24.1 Å². The maximum atomic E-state index is 12.3. The predicted octanol–water partition coefficient (Wildman–Crippen LogP) is 4.11. The number of aliphatic imine (C=N–C) groups is 1. The first kappa shape index (κ1) is 18.6. The Kier molecular flexibility index (Phi) is 5.26. The van der Waals surface area contributed by atoms with Crippen molar-refractivity contribution in [3.05, 3.63) is 65.3 Å². The second kappa shape index (κ2) is 7.61. The molecule has 0 fully saturated rings. The summed E-state index contributed by atoms with van der Waals surface area (Å²) in [6, 6.07) is 10.3. The Balaban J connectivity index is 1.71. The molecule has 0 bridgehead atoms. The molecule has 140 valence electrons. The van der Waals surface area contributed by atoms with E-state index in [0.717, 1.165) is 0 Å². The van der Waals surface area contributed by atoms with E-state index in [0.29, 0.717) is 36.4 Å². The van der Waals surface area contributed by atoms with E-state index in [1.807, 2.05) is 13.8 Å². The van der Waals surface area contributed by atoms with Crippen LogP contribution in [-0.4, -0.2) is 23.0 Å². The Labute approximate surface area is 157 Å². The zero-order valence-corrected chi connectivity index (χ0v) is 15.4. The minimum absolute atomic E-state index is 0.0624. The lowest BCUT2D eigenvalue weighted by Crippen LogP contribution is -2.26. The third-order valence-corrected chi connectivity index (χ3v) is 4.35. The molecule has 1 aliphatic carbocycles. The molecule has 0 unspecified atom stereocenters. The summed E-state index contributed by atoms with van der Waals surface area (Å²) in [6.07, 6.45) is 3.74. The quantitative estimate of drug-likeness (QED) is 0.779. The number of allylic oxidation sites excluding steroid dienone is 2. The zero-order chi connectivity index (χ0) is 19.4. The normalized spacial score (nSPS) is 16.7. The molecule has 1 aromatic heterocycles. The monoisotopic (exact) mass is 366 g/mol. The fourth-order valence-electron chi connectivity index (χ4n) is 3.00. The Bertz CT molecular complexity index is 908. The average Bonchev–Trinajstić information content (AvgIpc) is 3.11. The molecular weight excluding hydrogens is 344 g/mol. The van der Waals surface area contributed by atoms with Gasteiger partial charge in [-0.2, -0.15) is 0 Å². The number of ketones is 1. The van der Waals surface area contributed by atoms with E-state index in [4.69, 9.17) is 4.42 Å². The summed E-state index contributed by atoms with van der Waals surface area (Å²) in [4.78, 5) is 28.8. The van der Waals surface area contributed by atoms with Gasteiger partial charge < -0.3 is 14.8 Å². The highest BCUT2D eigenvalue weighted by molar-refractivity contribution is 6.15. The first-order valence-corrected chi connectivity index (χ1v) is 8.74. The van der Waals surface area contributed by atoms with Gasteiger partial charge in [0, 0.05) is 24.6 Å². The van der Waals surface area contributed by atoms with Crippen molar-refractivity contribution < 1.29 is 19.1 Å². The third-order valence-electron chi connectivity index (χ3n) is 4.35. The van der Waals surface area contributed by atoms with Gasteiger partial charge in [-0.3, -0.25) is 14.6 Å². The minimum atomic E-state index is -0.249. The van der Waals surface area contributed by atoms with Crippen LogP contribution in [-0.2, 0) is 11.3 Å². The van der Waals surface area contributed by atoms with Crippen LogP contribution in [0.1, 0.15) is 42.8 Å². The summed E-state index contributed by atoms with van der Waals surface area (Å²) in [7, 11) is 0. The van der Waals surface area contributed by atoms with Crippen molar-refractivity contribution in [3.8, 4) is 0 Å². The summed E-state index contributed by atoms with van der Waals surface area (Å²) >= 11 is 0. The number of Topliss-reactive ketones (excluding diaryl/α,β-unsaturated/α-hetero) is 1. The topological polar surface area (TPSA) is 91.9 Å². The van der Waals surface area contributed by atoms with Gasteiger partial charge in [0.25, 0.3) is 5.91 Å². The van der Waals surface area contributed by atoms with E-state index in [9.17, 15) is 14.7 Å². The molecule has 2 N–H and O–H groups in total. The largest absolute Gasteiger partial charge is 0.511 e. The molecular formula is C21H22N2O4. The first-order valence-electron chi connectivity index (χ1n) is 8.74. The molecule has 0 radical (unpaired) electrons. The SMILES string of the molecule is CC1(C)CC(=O)C(C=Nc2cccc(C(=O)NCc3ccco3)c2)=C(O)C1. The van der Waals surface area contributed by atoms with Crippen LogP contribution in [0.3, 0.4) is 0 Å².